The molecule has 2 aromatic carbocycles. The van der Waals surface area contributed by atoms with Crippen LogP contribution in [0.3, 0.4) is 0 Å². The highest BCUT2D eigenvalue weighted by Gasteiger charge is 2.47. The van der Waals surface area contributed by atoms with E-state index in [0.717, 1.165) is 13.1 Å². The zero-order valence-corrected chi connectivity index (χ0v) is 20.0. The maximum absolute atomic E-state index is 14.3. The van der Waals surface area contributed by atoms with E-state index in [1.807, 2.05) is 12.1 Å². The quantitative estimate of drug-likeness (QED) is 0.517. The van der Waals surface area contributed by atoms with E-state index in [1.165, 1.54) is 17.2 Å². The fraction of sp³-hybridized carbons (Fsp3) is 0.462. The molecule has 3 aliphatic rings. The lowest BCUT2D eigenvalue weighted by Gasteiger charge is -2.32. The molecule has 0 bridgehead atoms. The molecule has 0 spiro atoms. The average Bonchev–Trinajstić information content (AvgIpc) is 3.36. The van der Waals surface area contributed by atoms with Gasteiger partial charge in [0.25, 0.3) is 0 Å². The number of hydrogen-bond acceptors (Lipinski definition) is 5. The number of carbonyl (C=O) groups is 2. The molecule has 0 radical (unpaired) electrons. The first kappa shape index (κ1) is 26.9. The van der Waals surface area contributed by atoms with E-state index in [1.54, 1.807) is 19.2 Å². The molecule has 1 aliphatic heterocycles. The Balaban J connectivity index is 0.000000405. The van der Waals surface area contributed by atoms with Crippen molar-refractivity contribution >= 4 is 11.9 Å². The van der Waals surface area contributed by atoms with Gasteiger partial charge in [-0.1, -0.05) is 24.3 Å². The Bertz CT molecular complexity index is 1150. The Hall–Kier alpha value is -3.18. The second-order valence-electron chi connectivity index (χ2n) is 9.66. The SMILES string of the molecule is COc1ccc(F)c(CN2C[C@@H]3[C@H](NC(=O)C4CC(O)C4)c4ccccc4[C@@H]3C2)c1.O=C(O)C(F)(F)F. The molecule has 3 atom stereocenters. The first-order valence-electron chi connectivity index (χ1n) is 11.9. The van der Waals surface area contributed by atoms with Gasteiger partial charge in [0, 0.05) is 43.0 Å². The van der Waals surface area contributed by atoms with Crippen LogP contribution in [0, 0.1) is 17.7 Å². The normalized spacial score (nSPS) is 26.3. The number of methoxy groups -OCH3 is 1. The minimum absolute atomic E-state index is 0.0309. The standard InChI is InChI=1S/C24H27FN2O3.C2HF3O2/c1-30-17-6-7-22(25)15(10-17)11-27-12-20-18-4-2-3-5-19(18)23(21(20)13-27)26-24(29)14-8-16(28)9-14;3-2(4,5)1(6)7/h2-7,10,14,16,20-21,23,28H,8-9,11-13H2,1H3,(H,26,29);(H,6,7)/t14?,16?,20-,21-,23+;/m0./s1. The van der Waals surface area contributed by atoms with E-state index in [4.69, 9.17) is 14.6 Å². The van der Waals surface area contributed by atoms with Crippen molar-refractivity contribution in [3.8, 4) is 5.75 Å². The van der Waals surface area contributed by atoms with Gasteiger partial charge in [0.05, 0.1) is 19.3 Å². The number of aliphatic hydroxyl groups excluding tert-OH is 1. The Morgan fingerprint density at radius 2 is 1.76 bits per heavy atom. The fourth-order valence-corrected chi connectivity index (χ4v) is 5.37. The van der Waals surface area contributed by atoms with Crippen molar-refractivity contribution in [3.05, 3.63) is 65.0 Å². The average molecular weight is 525 g/mol. The highest BCUT2D eigenvalue weighted by molar-refractivity contribution is 5.80. The van der Waals surface area contributed by atoms with Crippen molar-refractivity contribution in [2.45, 2.75) is 43.6 Å². The first-order chi connectivity index (χ1) is 17.5. The fourth-order valence-electron chi connectivity index (χ4n) is 5.37. The van der Waals surface area contributed by atoms with Gasteiger partial charge in [0.1, 0.15) is 11.6 Å². The number of aliphatic carboxylic acids is 1. The summed E-state index contributed by atoms with van der Waals surface area (Å²) in [7, 11) is 1.59. The van der Waals surface area contributed by atoms with Crippen LogP contribution < -0.4 is 10.1 Å². The predicted octanol–water partition coefficient (Wildman–Crippen LogP) is 3.63. The molecule has 2 aliphatic carbocycles. The zero-order valence-electron chi connectivity index (χ0n) is 20.0. The number of halogens is 4. The van der Waals surface area contributed by atoms with Crippen LogP contribution in [0.5, 0.6) is 5.75 Å². The van der Waals surface area contributed by atoms with Gasteiger partial charge in [0.2, 0.25) is 5.91 Å². The van der Waals surface area contributed by atoms with Gasteiger partial charge in [0.15, 0.2) is 0 Å². The Morgan fingerprint density at radius 1 is 1.11 bits per heavy atom. The number of amides is 1. The monoisotopic (exact) mass is 524 g/mol. The van der Waals surface area contributed by atoms with Crippen LogP contribution in [0.4, 0.5) is 17.6 Å². The molecule has 3 N–H and O–H groups in total. The molecule has 1 amide bonds. The van der Waals surface area contributed by atoms with E-state index in [9.17, 15) is 27.5 Å². The molecule has 2 aromatic rings. The van der Waals surface area contributed by atoms with E-state index >= 15 is 0 Å². The number of ether oxygens (including phenoxy) is 1. The topological polar surface area (TPSA) is 99.1 Å². The van der Waals surface area contributed by atoms with Crippen LogP contribution in [-0.4, -0.2) is 59.5 Å². The minimum Gasteiger partial charge on any atom is -0.497 e. The number of carboxylic acids is 1. The lowest BCUT2D eigenvalue weighted by Crippen LogP contribution is -2.43. The smallest absolute Gasteiger partial charge is 0.490 e. The van der Waals surface area contributed by atoms with Gasteiger partial charge in [-0.2, -0.15) is 13.2 Å². The molecule has 2 fully saturated rings. The van der Waals surface area contributed by atoms with Crippen molar-refractivity contribution in [2.24, 2.45) is 11.8 Å². The number of benzene rings is 2. The van der Waals surface area contributed by atoms with Crippen LogP contribution in [0.25, 0.3) is 0 Å². The number of nitrogens with zero attached hydrogens (tertiary/aromatic N) is 1. The first-order valence-corrected chi connectivity index (χ1v) is 11.9. The molecule has 7 nitrogen and oxygen atoms in total. The lowest BCUT2D eigenvalue weighted by molar-refractivity contribution is -0.192. The number of rotatable bonds is 5. The molecule has 11 heteroatoms. The third-order valence-corrected chi connectivity index (χ3v) is 7.27. The highest BCUT2D eigenvalue weighted by atomic mass is 19.4. The lowest BCUT2D eigenvalue weighted by atomic mass is 9.81. The minimum atomic E-state index is -5.08. The summed E-state index contributed by atoms with van der Waals surface area (Å²) >= 11 is 0. The summed E-state index contributed by atoms with van der Waals surface area (Å²) in [5.74, 6) is -1.78. The van der Waals surface area contributed by atoms with Crippen LogP contribution in [-0.2, 0) is 16.1 Å². The van der Waals surface area contributed by atoms with Crippen LogP contribution in [0.15, 0.2) is 42.5 Å². The molecule has 200 valence electrons. The molecule has 1 heterocycles. The molecule has 1 saturated heterocycles. The van der Waals surface area contributed by atoms with Crippen molar-refractivity contribution in [1.82, 2.24) is 10.2 Å². The third kappa shape index (κ3) is 5.88. The van der Waals surface area contributed by atoms with Gasteiger partial charge in [-0.25, -0.2) is 9.18 Å². The molecule has 0 aromatic heterocycles. The highest BCUT2D eigenvalue weighted by Crippen LogP contribution is 2.49. The van der Waals surface area contributed by atoms with Gasteiger partial charge in [-0.15, -0.1) is 0 Å². The number of carboxylic acid groups (broad SMARTS) is 1. The molecular formula is C26H28F4N2O5. The number of carbonyl (C=O) groups excluding carboxylic acids is 1. The molecule has 5 rings (SSSR count). The van der Waals surface area contributed by atoms with Crippen molar-refractivity contribution in [2.75, 3.05) is 20.2 Å². The summed E-state index contributed by atoms with van der Waals surface area (Å²) in [5, 5.41) is 19.9. The maximum atomic E-state index is 14.3. The Morgan fingerprint density at radius 3 is 2.35 bits per heavy atom. The summed E-state index contributed by atoms with van der Waals surface area (Å²) in [5.41, 5.74) is 3.12. The Labute approximate surface area is 211 Å². The van der Waals surface area contributed by atoms with Crippen molar-refractivity contribution in [1.29, 1.82) is 0 Å². The summed E-state index contributed by atoms with van der Waals surface area (Å²) < 4.78 is 51.3. The van der Waals surface area contributed by atoms with Crippen LogP contribution >= 0.6 is 0 Å². The second-order valence-corrected chi connectivity index (χ2v) is 9.66. The summed E-state index contributed by atoms with van der Waals surface area (Å²) in [6.45, 7) is 2.16. The summed E-state index contributed by atoms with van der Waals surface area (Å²) in [6, 6.07) is 13.2. The predicted molar refractivity (Wildman–Crippen MR) is 124 cm³/mol. The van der Waals surface area contributed by atoms with Gasteiger partial charge in [-0.05, 0) is 42.2 Å². The second kappa shape index (κ2) is 10.7. The van der Waals surface area contributed by atoms with E-state index < -0.39 is 12.1 Å². The number of fused-ring (bicyclic) bond motifs is 3. The molecule has 1 saturated carbocycles. The number of aliphatic hydroxyl groups is 1. The molecule has 0 unspecified atom stereocenters. The number of nitrogens with one attached hydrogen (secondary N) is 1. The van der Waals surface area contributed by atoms with Crippen LogP contribution in [0.1, 0.15) is 41.5 Å². The maximum Gasteiger partial charge on any atom is 0.490 e. The molecule has 37 heavy (non-hydrogen) atoms. The largest absolute Gasteiger partial charge is 0.497 e. The molecular weight excluding hydrogens is 496 g/mol. The number of likely N-dealkylation sites (tertiary alicyclic amines) is 1. The van der Waals surface area contributed by atoms with E-state index in [0.29, 0.717) is 36.6 Å². The number of hydrogen-bond donors (Lipinski definition) is 3. The van der Waals surface area contributed by atoms with E-state index in [-0.39, 0.29) is 35.7 Å². The van der Waals surface area contributed by atoms with E-state index in [2.05, 4.69) is 22.3 Å². The van der Waals surface area contributed by atoms with Crippen molar-refractivity contribution in [3.63, 3.8) is 0 Å². The Kier molecular flexibility index (Phi) is 7.75. The zero-order chi connectivity index (χ0) is 26.9. The summed E-state index contributed by atoms with van der Waals surface area (Å²) in [4.78, 5) is 23.9. The van der Waals surface area contributed by atoms with Gasteiger partial charge in [-0.3, -0.25) is 9.69 Å². The van der Waals surface area contributed by atoms with Gasteiger partial charge >= 0.3 is 12.1 Å². The number of alkyl halides is 3. The van der Waals surface area contributed by atoms with Crippen molar-refractivity contribution < 1.29 is 42.1 Å². The van der Waals surface area contributed by atoms with Gasteiger partial charge < -0.3 is 20.3 Å². The van der Waals surface area contributed by atoms with Crippen LogP contribution in [0.2, 0.25) is 0 Å². The summed E-state index contributed by atoms with van der Waals surface area (Å²) in [6.07, 6.45) is -4.32. The third-order valence-electron chi connectivity index (χ3n) is 7.27.